The highest BCUT2D eigenvalue weighted by Gasteiger charge is 2.39. The second-order valence-electron chi connectivity index (χ2n) is 9.62. The molecular weight excluding hydrogens is 472 g/mol. The molecule has 3 rings (SSSR count). The van der Waals surface area contributed by atoms with E-state index in [-0.39, 0.29) is 36.3 Å². The van der Waals surface area contributed by atoms with E-state index < -0.39 is 34.0 Å². The van der Waals surface area contributed by atoms with E-state index in [2.05, 4.69) is 22.0 Å². The highest BCUT2D eigenvalue weighted by molar-refractivity contribution is 7.89. The number of benzene rings is 1. The van der Waals surface area contributed by atoms with Crippen LogP contribution in [0.3, 0.4) is 0 Å². The minimum Gasteiger partial charge on any atom is -0.480 e. The molecule has 1 aromatic carbocycles. The molecule has 1 amide bonds. The quantitative estimate of drug-likeness (QED) is 0.184. The Balaban J connectivity index is 1.88. The second-order valence-corrected chi connectivity index (χ2v) is 11.3. The van der Waals surface area contributed by atoms with Crippen LogP contribution in [0.2, 0.25) is 0 Å². The van der Waals surface area contributed by atoms with Crippen molar-refractivity contribution in [3.8, 4) is 0 Å². The molecule has 1 saturated heterocycles. The maximum absolute atomic E-state index is 13.5. The molecule has 2 heterocycles. The van der Waals surface area contributed by atoms with Crippen LogP contribution in [0.4, 0.5) is 5.69 Å². The Hall–Kier alpha value is -2.86. The molecule has 194 valence electrons. The number of likely N-dealkylation sites (tertiary alicyclic amines) is 1. The number of sulfonamides is 1. The Kier molecular flexibility index (Phi) is 8.60. The molecule has 0 aromatic heterocycles. The summed E-state index contributed by atoms with van der Waals surface area (Å²) in [5.74, 6) is -1.22. The maximum atomic E-state index is 13.5. The summed E-state index contributed by atoms with van der Waals surface area (Å²) < 4.78 is 29.5. The van der Waals surface area contributed by atoms with Crippen molar-refractivity contribution in [2.75, 3.05) is 25.0 Å². The number of nitrogens with zero attached hydrogens (tertiary/aromatic N) is 2. The van der Waals surface area contributed by atoms with Crippen molar-refractivity contribution in [1.82, 2.24) is 9.62 Å². The van der Waals surface area contributed by atoms with Crippen LogP contribution in [0.15, 0.2) is 28.1 Å². The summed E-state index contributed by atoms with van der Waals surface area (Å²) in [5.41, 5.74) is 12.2. The van der Waals surface area contributed by atoms with Gasteiger partial charge in [-0.1, -0.05) is 26.0 Å². The Morgan fingerprint density at radius 3 is 2.71 bits per heavy atom. The molecule has 12 heteroatoms. The SMILES string of the molecule is C[C@@H]1CCN(C(=O)[C@@H](CCCN=C(N)N)NS(=O)(=O)c2cccc3c2NC[C@H](C)C3)[C@H](C(=O)O)C1. The molecule has 0 aliphatic carbocycles. The summed E-state index contributed by atoms with van der Waals surface area (Å²) in [7, 11) is -4.10. The van der Waals surface area contributed by atoms with Crippen LogP contribution in [-0.2, 0) is 26.0 Å². The lowest BCUT2D eigenvalue weighted by Crippen LogP contribution is -2.56. The number of rotatable bonds is 9. The first-order valence-electron chi connectivity index (χ1n) is 12.0. The summed E-state index contributed by atoms with van der Waals surface area (Å²) in [6.07, 6.45) is 2.17. The molecule has 0 radical (unpaired) electrons. The van der Waals surface area contributed by atoms with Crippen LogP contribution in [0.5, 0.6) is 0 Å². The number of fused-ring (bicyclic) bond motifs is 1. The highest BCUT2D eigenvalue weighted by Crippen LogP contribution is 2.31. The summed E-state index contributed by atoms with van der Waals surface area (Å²) >= 11 is 0. The number of nitrogens with two attached hydrogens (primary N) is 2. The van der Waals surface area contributed by atoms with Gasteiger partial charge in [-0.05, 0) is 55.6 Å². The molecule has 2 aliphatic heterocycles. The number of aliphatic imine (C=N–C) groups is 1. The van der Waals surface area contributed by atoms with E-state index in [1.165, 1.54) is 11.0 Å². The fourth-order valence-corrected chi connectivity index (χ4v) is 6.17. The summed E-state index contributed by atoms with van der Waals surface area (Å²) in [4.78, 5) is 30.7. The first-order chi connectivity index (χ1) is 16.5. The first kappa shape index (κ1) is 26.7. The zero-order chi connectivity index (χ0) is 25.8. The normalized spacial score (nSPS) is 23.0. The molecule has 35 heavy (non-hydrogen) atoms. The third kappa shape index (κ3) is 6.63. The molecule has 4 atom stereocenters. The molecule has 0 bridgehead atoms. The smallest absolute Gasteiger partial charge is 0.326 e. The predicted molar refractivity (Wildman–Crippen MR) is 133 cm³/mol. The number of carbonyl (C=O) groups excluding carboxylic acids is 1. The zero-order valence-electron chi connectivity index (χ0n) is 20.2. The van der Waals surface area contributed by atoms with Gasteiger partial charge in [0.15, 0.2) is 5.96 Å². The van der Waals surface area contributed by atoms with Crippen molar-refractivity contribution in [3.05, 3.63) is 23.8 Å². The molecule has 7 N–H and O–H groups in total. The van der Waals surface area contributed by atoms with Crippen LogP contribution in [-0.4, -0.2) is 68.0 Å². The topological polar surface area (TPSA) is 180 Å². The fourth-order valence-electron chi connectivity index (χ4n) is 4.72. The number of guanidine groups is 1. The summed E-state index contributed by atoms with van der Waals surface area (Å²) in [6, 6.07) is 2.94. The van der Waals surface area contributed by atoms with E-state index in [0.717, 1.165) is 12.0 Å². The number of carbonyl (C=O) groups is 2. The van der Waals surface area contributed by atoms with Crippen molar-refractivity contribution >= 4 is 33.5 Å². The zero-order valence-corrected chi connectivity index (χ0v) is 21.1. The molecule has 1 aromatic rings. The third-order valence-electron chi connectivity index (χ3n) is 6.57. The van der Waals surface area contributed by atoms with Gasteiger partial charge in [0, 0.05) is 19.6 Å². The number of amides is 1. The molecule has 0 unspecified atom stereocenters. The number of hydrogen-bond acceptors (Lipinski definition) is 6. The van der Waals surface area contributed by atoms with E-state index in [4.69, 9.17) is 11.5 Å². The number of carboxylic acids is 1. The summed E-state index contributed by atoms with van der Waals surface area (Å²) in [6.45, 7) is 5.14. The van der Waals surface area contributed by atoms with Crippen LogP contribution in [0.1, 0.15) is 45.1 Å². The monoisotopic (exact) mass is 508 g/mol. The molecule has 0 saturated carbocycles. The van der Waals surface area contributed by atoms with Gasteiger partial charge in [0.2, 0.25) is 15.9 Å². The lowest BCUT2D eigenvalue weighted by atomic mass is 9.91. The van der Waals surface area contributed by atoms with Crippen molar-refractivity contribution < 1.29 is 23.1 Å². The molecule has 1 fully saturated rings. The predicted octanol–water partition coefficient (Wildman–Crippen LogP) is 0.703. The van der Waals surface area contributed by atoms with Gasteiger partial charge in [-0.2, -0.15) is 4.72 Å². The average molecular weight is 509 g/mol. The lowest BCUT2D eigenvalue weighted by molar-refractivity contribution is -0.153. The van der Waals surface area contributed by atoms with E-state index in [9.17, 15) is 23.1 Å². The molecule has 0 spiro atoms. The second kappa shape index (κ2) is 11.3. The lowest BCUT2D eigenvalue weighted by Gasteiger charge is -2.38. The van der Waals surface area contributed by atoms with Crippen LogP contribution in [0.25, 0.3) is 0 Å². The van der Waals surface area contributed by atoms with E-state index >= 15 is 0 Å². The number of nitrogens with one attached hydrogen (secondary N) is 2. The van der Waals surface area contributed by atoms with Gasteiger partial charge in [-0.3, -0.25) is 9.79 Å². The van der Waals surface area contributed by atoms with E-state index in [1.807, 2.05) is 13.0 Å². The van der Waals surface area contributed by atoms with Crippen LogP contribution in [0, 0.1) is 11.8 Å². The van der Waals surface area contributed by atoms with Crippen LogP contribution < -0.4 is 21.5 Å². The largest absolute Gasteiger partial charge is 0.480 e. The number of anilines is 1. The van der Waals surface area contributed by atoms with Gasteiger partial charge in [0.1, 0.15) is 17.0 Å². The van der Waals surface area contributed by atoms with Gasteiger partial charge in [-0.15, -0.1) is 0 Å². The Bertz CT molecular complexity index is 1070. The number of para-hydroxylation sites is 1. The third-order valence-corrected chi connectivity index (χ3v) is 8.09. The average Bonchev–Trinajstić information content (AvgIpc) is 2.79. The maximum Gasteiger partial charge on any atom is 0.326 e. The van der Waals surface area contributed by atoms with Crippen molar-refractivity contribution in [2.24, 2.45) is 28.3 Å². The van der Waals surface area contributed by atoms with E-state index in [1.54, 1.807) is 6.07 Å². The van der Waals surface area contributed by atoms with Crippen molar-refractivity contribution in [3.63, 3.8) is 0 Å². The Labute approximate surface area is 206 Å². The van der Waals surface area contributed by atoms with E-state index in [0.29, 0.717) is 37.4 Å². The Morgan fingerprint density at radius 2 is 2.03 bits per heavy atom. The fraction of sp³-hybridized carbons (Fsp3) is 0.609. The minimum atomic E-state index is -4.10. The van der Waals surface area contributed by atoms with Gasteiger partial charge in [0.25, 0.3) is 0 Å². The van der Waals surface area contributed by atoms with Crippen molar-refractivity contribution in [1.29, 1.82) is 0 Å². The molecule has 2 aliphatic rings. The van der Waals surface area contributed by atoms with Crippen LogP contribution >= 0.6 is 0 Å². The number of carboxylic acid groups (broad SMARTS) is 1. The highest BCUT2D eigenvalue weighted by atomic mass is 32.2. The van der Waals surface area contributed by atoms with Crippen molar-refractivity contribution in [2.45, 2.75) is 62.9 Å². The molecular formula is C23H36N6O5S. The van der Waals surface area contributed by atoms with Gasteiger partial charge < -0.3 is 26.8 Å². The first-order valence-corrected chi connectivity index (χ1v) is 13.4. The minimum absolute atomic E-state index is 0.0750. The van der Waals surface area contributed by atoms with Gasteiger partial charge >= 0.3 is 5.97 Å². The number of aliphatic carboxylic acids is 1. The standard InChI is InChI=1S/C23H36N6O5S/c1-14-8-10-29(18(12-14)22(31)32)21(30)17(6-4-9-26-23(24)25)28-35(33,34)19-7-3-5-16-11-15(2)13-27-20(16)19/h3,5,7,14-15,17-18,27-28H,4,6,8-13H2,1-2H3,(H,31,32)(H4,24,25,26)/t14-,15-,17-,18+/m1/s1. The molecule has 11 nitrogen and oxygen atoms in total. The summed E-state index contributed by atoms with van der Waals surface area (Å²) in [5, 5.41) is 12.9. The number of piperidine rings is 1. The Morgan fingerprint density at radius 1 is 1.29 bits per heavy atom. The van der Waals surface area contributed by atoms with Gasteiger partial charge in [-0.25, -0.2) is 13.2 Å². The number of hydrogen-bond donors (Lipinski definition) is 5. The van der Waals surface area contributed by atoms with Gasteiger partial charge in [0.05, 0.1) is 5.69 Å².